The Morgan fingerprint density at radius 2 is 1.92 bits per heavy atom. The first-order chi connectivity index (χ1) is 12.5. The van der Waals surface area contributed by atoms with Crippen LogP contribution in [0.25, 0.3) is 0 Å². The maximum atomic E-state index is 12.9. The smallest absolute Gasteiger partial charge is 0.334 e. The largest absolute Gasteiger partial charge is 0.493 e. The Kier molecular flexibility index (Phi) is 5.66. The predicted molar refractivity (Wildman–Crippen MR) is 93.8 cm³/mol. The highest BCUT2D eigenvalue weighted by atomic mass is 16.5. The molecule has 7 nitrogen and oxygen atoms in total. The molecule has 1 heterocycles. The lowest BCUT2D eigenvalue weighted by molar-refractivity contribution is -0.160. The molecule has 1 amide bonds. The summed E-state index contributed by atoms with van der Waals surface area (Å²) >= 11 is 0. The molecular weight excluding hydrogens is 338 g/mol. The van der Waals surface area contributed by atoms with Gasteiger partial charge in [0.2, 0.25) is 0 Å². The minimum atomic E-state index is -1.06. The van der Waals surface area contributed by atoms with E-state index >= 15 is 0 Å². The molecular formula is C19H25NO6. The summed E-state index contributed by atoms with van der Waals surface area (Å²) in [4.78, 5) is 25.6. The minimum absolute atomic E-state index is 0.0311. The molecule has 3 rings (SSSR count). The van der Waals surface area contributed by atoms with Gasteiger partial charge in [-0.25, -0.2) is 4.79 Å². The quantitative estimate of drug-likeness (QED) is 0.864. The van der Waals surface area contributed by atoms with Gasteiger partial charge in [0.05, 0.1) is 25.9 Å². The van der Waals surface area contributed by atoms with Gasteiger partial charge in [0.25, 0.3) is 5.91 Å². The number of ether oxygens (including phenoxy) is 3. The molecule has 1 saturated heterocycles. The third-order valence-corrected chi connectivity index (χ3v) is 4.83. The van der Waals surface area contributed by atoms with Crippen LogP contribution in [0.15, 0.2) is 18.2 Å². The summed E-state index contributed by atoms with van der Waals surface area (Å²) in [6, 6.07) is 5.09. The van der Waals surface area contributed by atoms with Gasteiger partial charge in [-0.3, -0.25) is 4.79 Å². The van der Waals surface area contributed by atoms with Gasteiger partial charge in [0.1, 0.15) is 0 Å². The molecule has 2 atom stereocenters. The lowest BCUT2D eigenvalue weighted by Gasteiger charge is -2.35. The third-order valence-electron chi connectivity index (χ3n) is 4.83. The van der Waals surface area contributed by atoms with E-state index in [0.717, 1.165) is 25.7 Å². The molecule has 2 aliphatic rings. The number of hydrogen-bond acceptors (Lipinski definition) is 5. The van der Waals surface area contributed by atoms with Crippen molar-refractivity contribution in [3.63, 3.8) is 0 Å². The Labute approximate surface area is 152 Å². The van der Waals surface area contributed by atoms with Crippen molar-refractivity contribution in [3.8, 4) is 11.5 Å². The van der Waals surface area contributed by atoms with Crippen LogP contribution in [0.4, 0.5) is 0 Å². The fourth-order valence-electron chi connectivity index (χ4n) is 3.52. The molecule has 7 heteroatoms. The lowest BCUT2D eigenvalue weighted by atomic mass is 10.1. The Morgan fingerprint density at radius 1 is 1.19 bits per heavy atom. The summed E-state index contributed by atoms with van der Waals surface area (Å²) in [6.07, 6.45) is 3.11. The van der Waals surface area contributed by atoms with Gasteiger partial charge in [-0.2, -0.15) is 0 Å². The number of aliphatic carboxylic acids is 1. The minimum Gasteiger partial charge on any atom is -0.493 e. The highest BCUT2D eigenvalue weighted by molar-refractivity contribution is 5.95. The maximum absolute atomic E-state index is 12.9. The van der Waals surface area contributed by atoms with E-state index in [1.807, 2.05) is 0 Å². The number of methoxy groups -OCH3 is 1. The first-order valence-corrected chi connectivity index (χ1v) is 9.00. The summed E-state index contributed by atoms with van der Waals surface area (Å²) < 4.78 is 16.8. The van der Waals surface area contributed by atoms with Crippen LogP contribution in [-0.4, -0.2) is 60.4 Å². The van der Waals surface area contributed by atoms with E-state index in [0.29, 0.717) is 23.6 Å². The number of rotatable bonds is 5. The molecule has 2 fully saturated rings. The van der Waals surface area contributed by atoms with Crippen molar-refractivity contribution in [2.24, 2.45) is 0 Å². The molecule has 142 valence electrons. The molecule has 1 aromatic carbocycles. The van der Waals surface area contributed by atoms with Gasteiger partial charge in [-0.1, -0.05) is 0 Å². The van der Waals surface area contributed by atoms with Crippen LogP contribution in [-0.2, 0) is 9.53 Å². The number of hydrogen-bond donors (Lipinski definition) is 1. The number of nitrogens with zero attached hydrogens (tertiary/aromatic N) is 1. The second-order valence-electron chi connectivity index (χ2n) is 6.87. The van der Waals surface area contributed by atoms with E-state index in [1.165, 1.54) is 4.90 Å². The fraction of sp³-hybridized carbons (Fsp3) is 0.579. The first kappa shape index (κ1) is 18.5. The van der Waals surface area contributed by atoms with Crippen molar-refractivity contribution < 1.29 is 28.9 Å². The molecule has 26 heavy (non-hydrogen) atoms. The highest BCUT2D eigenvalue weighted by Gasteiger charge is 2.33. The lowest BCUT2D eigenvalue weighted by Crippen LogP contribution is -2.51. The van der Waals surface area contributed by atoms with Gasteiger partial charge in [-0.15, -0.1) is 0 Å². The molecule has 1 saturated carbocycles. The van der Waals surface area contributed by atoms with Crippen LogP contribution in [0.3, 0.4) is 0 Å². The van der Waals surface area contributed by atoms with Crippen LogP contribution in [0.5, 0.6) is 11.5 Å². The van der Waals surface area contributed by atoms with Crippen molar-refractivity contribution >= 4 is 11.9 Å². The molecule has 0 aromatic heterocycles. The second-order valence-corrected chi connectivity index (χ2v) is 6.87. The van der Waals surface area contributed by atoms with E-state index in [1.54, 1.807) is 32.2 Å². The van der Waals surface area contributed by atoms with Crippen LogP contribution in [0, 0.1) is 0 Å². The molecule has 1 N–H and O–H groups in total. The Balaban J connectivity index is 1.78. The third kappa shape index (κ3) is 4.09. The van der Waals surface area contributed by atoms with E-state index in [9.17, 15) is 14.7 Å². The number of carbonyl (C=O) groups is 2. The molecule has 1 aromatic rings. The zero-order valence-corrected chi connectivity index (χ0v) is 15.1. The fourth-order valence-corrected chi connectivity index (χ4v) is 3.52. The monoisotopic (exact) mass is 363 g/mol. The molecule has 1 unspecified atom stereocenters. The number of morpholine rings is 1. The summed E-state index contributed by atoms with van der Waals surface area (Å²) in [5, 5.41) is 9.20. The molecule has 1 aliphatic carbocycles. The van der Waals surface area contributed by atoms with Gasteiger partial charge >= 0.3 is 5.97 Å². The summed E-state index contributed by atoms with van der Waals surface area (Å²) in [7, 11) is 1.57. The van der Waals surface area contributed by atoms with Crippen LogP contribution >= 0.6 is 0 Å². The number of carboxylic acids is 1. The van der Waals surface area contributed by atoms with Gasteiger partial charge in [0.15, 0.2) is 17.6 Å². The van der Waals surface area contributed by atoms with Gasteiger partial charge in [0, 0.05) is 12.1 Å². The normalized spacial score (nSPS) is 23.7. The Bertz CT molecular complexity index is 670. The standard InChI is InChI=1S/C19H25NO6/c1-12-10-20(11-17(25-12)19(22)23)18(21)13-7-8-15(24-2)16(9-13)26-14-5-3-4-6-14/h7-9,12,14,17H,3-6,10-11H2,1-2H3,(H,22,23)/t12-,17?/m1/s1. The average molecular weight is 363 g/mol. The first-order valence-electron chi connectivity index (χ1n) is 9.00. The molecule has 0 radical (unpaired) electrons. The van der Waals surface area contributed by atoms with Crippen LogP contribution in [0.2, 0.25) is 0 Å². The SMILES string of the molecule is COc1ccc(C(=O)N2CC(C(=O)O)O[C@H](C)C2)cc1OC1CCCC1. The van der Waals surface area contributed by atoms with E-state index in [4.69, 9.17) is 14.2 Å². The van der Waals surface area contributed by atoms with E-state index in [2.05, 4.69) is 0 Å². The topological polar surface area (TPSA) is 85.3 Å². The number of carboxylic acid groups (broad SMARTS) is 1. The van der Waals surface area contributed by atoms with E-state index < -0.39 is 12.1 Å². The molecule has 0 bridgehead atoms. The Morgan fingerprint density at radius 3 is 2.58 bits per heavy atom. The van der Waals surface area contributed by atoms with E-state index in [-0.39, 0.29) is 24.7 Å². The summed E-state index contributed by atoms with van der Waals surface area (Å²) in [6.45, 7) is 2.15. The number of benzene rings is 1. The predicted octanol–water partition coefficient (Wildman–Crippen LogP) is 2.33. The maximum Gasteiger partial charge on any atom is 0.334 e. The number of carbonyl (C=O) groups excluding carboxylic acids is 1. The van der Waals surface area contributed by atoms with Crippen molar-refractivity contribution in [1.82, 2.24) is 4.90 Å². The zero-order chi connectivity index (χ0) is 18.7. The Hall–Kier alpha value is -2.28. The molecule has 0 spiro atoms. The van der Waals surface area contributed by atoms with Crippen LogP contribution < -0.4 is 9.47 Å². The van der Waals surface area contributed by atoms with Crippen molar-refractivity contribution in [1.29, 1.82) is 0 Å². The summed E-state index contributed by atoms with van der Waals surface area (Å²) in [5.41, 5.74) is 0.456. The van der Waals surface area contributed by atoms with Gasteiger partial charge in [-0.05, 0) is 50.8 Å². The number of amides is 1. The summed E-state index contributed by atoms with van der Waals surface area (Å²) in [5.74, 6) is -0.145. The molecule has 1 aliphatic heterocycles. The second kappa shape index (κ2) is 7.95. The highest BCUT2D eigenvalue weighted by Crippen LogP contribution is 2.33. The van der Waals surface area contributed by atoms with Gasteiger partial charge < -0.3 is 24.2 Å². The van der Waals surface area contributed by atoms with Crippen LogP contribution in [0.1, 0.15) is 43.0 Å². The van der Waals surface area contributed by atoms with Crippen molar-refractivity contribution in [2.45, 2.75) is 50.9 Å². The average Bonchev–Trinajstić information content (AvgIpc) is 3.13. The van der Waals surface area contributed by atoms with Crippen molar-refractivity contribution in [3.05, 3.63) is 23.8 Å². The zero-order valence-electron chi connectivity index (χ0n) is 15.1. The van der Waals surface area contributed by atoms with Crippen molar-refractivity contribution in [2.75, 3.05) is 20.2 Å².